The molecule has 1 atom stereocenters. The van der Waals surface area contributed by atoms with Gasteiger partial charge in [-0.15, -0.1) is 0 Å². The summed E-state index contributed by atoms with van der Waals surface area (Å²) in [5.74, 6) is -0.607. The molecule has 1 fully saturated rings. The van der Waals surface area contributed by atoms with Crippen molar-refractivity contribution >= 4 is 5.97 Å². The summed E-state index contributed by atoms with van der Waals surface area (Å²) >= 11 is 0. The lowest BCUT2D eigenvalue weighted by Gasteiger charge is -2.35. The smallest absolute Gasteiger partial charge is 0.335 e. The molecule has 0 amide bonds. The third-order valence-electron chi connectivity index (χ3n) is 3.48. The SMILES string of the molecule is COC(=O)C(O)C1(C(C)(C)CO)CC1. The van der Waals surface area contributed by atoms with Crippen molar-refractivity contribution in [1.29, 1.82) is 0 Å². The third kappa shape index (κ3) is 1.53. The van der Waals surface area contributed by atoms with Crippen molar-refractivity contribution < 1.29 is 19.7 Å². The normalized spacial score (nSPS) is 21.5. The second kappa shape index (κ2) is 3.51. The van der Waals surface area contributed by atoms with Crippen LogP contribution in [0.2, 0.25) is 0 Å². The second-order valence-electron chi connectivity index (χ2n) is 4.62. The highest BCUT2D eigenvalue weighted by molar-refractivity contribution is 5.76. The van der Waals surface area contributed by atoms with Crippen LogP contribution >= 0.6 is 0 Å². The Hall–Kier alpha value is -0.610. The highest BCUT2D eigenvalue weighted by Crippen LogP contribution is 2.60. The number of aliphatic hydroxyl groups is 2. The number of hydrogen-bond acceptors (Lipinski definition) is 4. The largest absolute Gasteiger partial charge is 0.467 e. The van der Waals surface area contributed by atoms with Crippen LogP contribution in [-0.4, -0.2) is 36.0 Å². The van der Waals surface area contributed by atoms with Gasteiger partial charge in [-0.3, -0.25) is 0 Å². The Bertz CT molecular complexity index is 230. The fourth-order valence-electron chi connectivity index (χ4n) is 1.95. The molecule has 0 saturated heterocycles. The van der Waals surface area contributed by atoms with E-state index in [4.69, 9.17) is 0 Å². The quantitative estimate of drug-likeness (QED) is 0.644. The summed E-state index contributed by atoms with van der Waals surface area (Å²) in [5, 5.41) is 19.0. The highest BCUT2D eigenvalue weighted by Gasteiger charge is 2.61. The number of hydrogen-bond donors (Lipinski definition) is 2. The molecule has 0 aromatic rings. The summed E-state index contributed by atoms with van der Waals surface area (Å²) in [7, 11) is 1.26. The Labute approximate surface area is 83.9 Å². The molecule has 82 valence electrons. The first-order valence-corrected chi connectivity index (χ1v) is 4.78. The van der Waals surface area contributed by atoms with Crippen LogP contribution < -0.4 is 0 Å². The predicted octanol–water partition coefficient (Wildman–Crippen LogP) is 0.319. The first-order valence-electron chi connectivity index (χ1n) is 4.78. The molecule has 2 N–H and O–H groups in total. The summed E-state index contributed by atoms with van der Waals surface area (Å²) in [5.41, 5.74) is -0.935. The average molecular weight is 202 g/mol. The number of aliphatic hydroxyl groups excluding tert-OH is 2. The Kier molecular flexibility index (Phi) is 2.88. The van der Waals surface area contributed by atoms with Crippen molar-refractivity contribution in [3.8, 4) is 0 Å². The van der Waals surface area contributed by atoms with Gasteiger partial charge in [-0.1, -0.05) is 13.8 Å². The molecule has 0 aromatic carbocycles. The van der Waals surface area contributed by atoms with E-state index in [9.17, 15) is 15.0 Å². The van der Waals surface area contributed by atoms with E-state index in [-0.39, 0.29) is 6.61 Å². The maximum Gasteiger partial charge on any atom is 0.335 e. The summed E-state index contributed by atoms with van der Waals surface area (Å²) in [6, 6.07) is 0. The molecule has 1 saturated carbocycles. The number of rotatable bonds is 4. The minimum atomic E-state index is -1.12. The predicted molar refractivity (Wildman–Crippen MR) is 50.6 cm³/mol. The van der Waals surface area contributed by atoms with Gasteiger partial charge in [-0.2, -0.15) is 0 Å². The van der Waals surface area contributed by atoms with Crippen LogP contribution in [-0.2, 0) is 9.53 Å². The first-order chi connectivity index (χ1) is 6.41. The Morgan fingerprint density at radius 2 is 2.07 bits per heavy atom. The molecule has 0 bridgehead atoms. The van der Waals surface area contributed by atoms with Crippen molar-refractivity contribution in [1.82, 2.24) is 0 Å². The molecule has 1 unspecified atom stereocenters. The van der Waals surface area contributed by atoms with E-state index in [0.717, 1.165) is 12.8 Å². The van der Waals surface area contributed by atoms with Gasteiger partial charge in [0.25, 0.3) is 0 Å². The fraction of sp³-hybridized carbons (Fsp3) is 0.900. The van der Waals surface area contributed by atoms with Crippen LogP contribution in [0.15, 0.2) is 0 Å². The van der Waals surface area contributed by atoms with Crippen molar-refractivity contribution in [2.24, 2.45) is 10.8 Å². The van der Waals surface area contributed by atoms with Crippen LogP contribution in [0.5, 0.6) is 0 Å². The third-order valence-corrected chi connectivity index (χ3v) is 3.48. The lowest BCUT2D eigenvalue weighted by molar-refractivity contribution is -0.159. The molecular formula is C10H18O4. The van der Waals surface area contributed by atoms with Crippen molar-refractivity contribution in [2.45, 2.75) is 32.8 Å². The van der Waals surface area contributed by atoms with Crippen molar-refractivity contribution in [2.75, 3.05) is 13.7 Å². The molecule has 4 nitrogen and oxygen atoms in total. The summed E-state index contributed by atoms with van der Waals surface area (Å²) in [6.45, 7) is 3.67. The molecule has 0 spiro atoms. The Balaban J connectivity index is 2.81. The van der Waals surface area contributed by atoms with Crippen molar-refractivity contribution in [3.05, 3.63) is 0 Å². The fourth-order valence-corrected chi connectivity index (χ4v) is 1.95. The van der Waals surface area contributed by atoms with E-state index < -0.39 is 22.9 Å². The van der Waals surface area contributed by atoms with Gasteiger partial charge in [0.2, 0.25) is 0 Å². The maximum atomic E-state index is 11.2. The first kappa shape index (κ1) is 11.5. The van der Waals surface area contributed by atoms with Crippen molar-refractivity contribution in [3.63, 3.8) is 0 Å². The molecule has 0 radical (unpaired) electrons. The minimum absolute atomic E-state index is 0.0406. The van der Waals surface area contributed by atoms with Crippen LogP contribution in [0.4, 0.5) is 0 Å². The van der Waals surface area contributed by atoms with E-state index in [0.29, 0.717) is 0 Å². The molecule has 0 aliphatic heterocycles. The summed E-state index contributed by atoms with van der Waals surface area (Å²) in [6.07, 6.45) is 0.405. The highest BCUT2D eigenvalue weighted by atomic mass is 16.5. The molecule has 0 heterocycles. The van der Waals surface area contributed by atoms with Crippen LogP contribution in [0.3, 0.4) is 0 Å². The molecule has 1 rings (SSSR count). The zero-order valence-electron chi connectivity index (χ0n) is 8.91. The topological polar surface area (TPSA) is 66.8 Å². The van der Waals surface area contributed by atoms with Crippen LogP contribution in [0.25, 0.3) is 0 Å². The molecule has 1 aliphatic carbocycles. The molecule has 0 aromatic heterocycles. The van der Waals surface area contributed by atoms with Crippen LogP contribution in [0, 0.1) is 10.8 Å². The van der Waals surface area contributed by atoms with Crippen LogP contribution in [0.1, 0.15) is 26.7 Å². The van der Waals surface area contributed by atoms with Gasteiger partial charge in [0, 0.05) is 12.0 Å². The molecule has 1 aliphatic rings. The van der Waals surface area contributed by atoms with Gasteiger partial charge in [0.15, 0.2) is 6.10 Å². The second-order valence-corrected chi connectivity index (χ2v) is 4.62. The van der Waals surface area contributed by atoms with Gasteiger partial charge in [-0.05, 0) is 18.3 Å². The number of carbonyl (C=O) groups excluding carboxylic acids is 1. The van der Waals surface area contributed by atoms with Gasteiger partial charge in [0.05, 0.1) is 7.11 Å². The summed E-state index contributed by atoms with van der Waals surface area (Å²) in [4.78, 5) is 11.2. The van der Waals surface area contributed by atoms with E-state index in [1.165, 1.54) is 7.11 Å². The number of methoxy groups -OCH3 is 1. The maximum absolute atomic E-state index is 11.2. The lowest BCUT2D eigenvalue weighted by Crippen LogP contribution is -2.43. The van der Waals surface area contributed by atoms with E-state index >= 15 is 0 Å². The Morgan fingerprint density at radius 1 is 1.57 bits per heavy atom. The molecule has 14 heavy (non-hydrogen) atoms. The molecule has 4 heteroatoms. The zero-order chi connectivity index (χ0) is 11.0. The van der Waals surface area contributed by atoms with Gasteiger partial charge in [0.1, 0.15) is 0 Å². The van der Waals surface area contributed by atoms with E-state index in [1.807, 2.05) is 13.8 Å². The number of carbonyl (C=O) groups is 1. The summed E-state index contributed by atoms with van der Waals surface area (Å²) < 4.78 is 4.51. The van der Waals surface area contributed by atoms with Gasteiger partial charge < -0.3 is 14.9 Å². The number of esters is 1. The zero-order valence-corrected chi connectivity index (χ0v) is 8.91. The standard InChI is InChI=1S/C10H18O4/c1-9(2,6-11)10(4-5-10)7(12)8(13)14-3/h7,11-12H,4-6H2,1-3H3. The number of ether oxygens (including phenoxy) is 1. The van der Waals surface area contributed by atoms with Gasteiger partial charge in [-0.25, -0.2) is 4.79 Å². The van der Waals surface area contributed by atoms with E-state index in [2.05, 4.69) is 4.74 Å². The molecular weight excluding hydrogens is 184 g/mol. The average Bonchev–Trinajstić information content (AvgIpc) is 2.96. The monoisotopic (exact) mass is 202 g/mol. The minimum Gasteiger partial charge on any atom is -0.467 e. The Morgan fingerprint density at radius 3 is 2.36 bits per heavy atom. The van der Waals surface area contributed by atoms with Gasteiger partial charge >= 0.3 is 5.97 Å². The van der Waals surface area contributed by atoms with E-state index in [1.54, 1.807) is 0 Å². The lowest BCUT2D eigenvalue weighted by atomic mass is 9.73.